The van der Waals surface area contributed by atoms with Gasteiger partial charge in [0.25, 0.3) is 5.56 Å². The van der Waals surface area contributed by atoms with E-state index < -0.39 is 0 Å². The number of nitrogens with one attached hydrogen (secondary N) is 1. The number of halogens is 2. The Morgan fingerprint density at radius 3 is 2.89 bits per heavy atom. The van der Waals surface area contributed by atoms with Crippen LogP contribution < -0.4 is 5.56 Å². The molecule has 1 aromatic heterocycles. The molecule has 0 aromatic carbocycles. The molecular formula is C4H2ClIN2O. The van der Waals surface area contributed by atoms with Crippen LogP contribution in [-0.2, 0) is 0 Å². The lowest BCUT2D eigenvalue weighted by Gasteiger charge is -1.88. The SMILES string of the molecule is O=c1[nH]ncc(Cl)c1I. The van der Waals surface area contributed by atoms with Crippen LogP contribution in [0.1, 0.15) is 0 Å². The van der Waals surface area contributed by atoms with Crippen LogP contribution in [0.15, 0.2) is 11.0 Å². The van der Waals surface area contributed by atoms with Crippen LogP contribution in [0, 0.1) is 3.57 Å². The number of hydrogen-bond acceptors (Lipinski definition) is 2. The molecule has 0 radical (unpaired) electrons. The average Bonchev–Trinajstić information content (AvgIpc) is 1.83. The van der Waals surface area contributed by atoms with Gasteiger partial charge in [-0.05, 0) is 22.6 Å². The molecule has 0 unspecified atom stereocenters. The lowest BCUT2D eigenvalue weighted by molar-refractivity contribution is 0.978. The predicted octanol–water partition coefficient (Wildman–Crippen LogP) is 1.03. The first-order chi connectivity index (χ1) is 4.22. The van der Waals surface area contributed by atoms with Gasteiger partial charge in [-0.3, -0.25) is 4.79 Å². The molecule has 0 bridgehead atoms. The van der Waals surface area contributed by atoms with Crippen LogP contribution in [0.25, 0.3) is 0 Å². The van der Waals surface area contributed by atoms with Gasteiger partial charge in [-0.1, -0.05) is 11.6 Å². The molecule has 1 aromatic rings. The lowest BCUT2D eigenvalue weighted by atomic mass is 10.6. The maximum atomic E-state index is 10.6. The van der Waals surface area contributed by atoms with E-state index in [0.717, 1.165) is 0 Å². The minimum absolute atomic E-state index is 0.247. The molecule has 9 heavy (non-hydrogen) atoms. The van der Waals surface area contributed by atoms with Crippen molar-refractivity contribution < 1.29 is 0 Å². The van der Waals surface area contributed by atoms with Gasteiger partial charge in [-0.15, -0.1) is 0 Å². The van der Waals surface area contributed by atoms with Crippen molar-refractivity contribution in [3.05, 3.63) is 25.1 Å². The first kappa shape index (κ1) is 7.01. The molecule has 0 amide bonds. The Balaban J connectivity index is 3.43. The molecular weight excluding hydrogens is 254 g/mol. The van der Waals surface area contributed by atoms with Gasteiger partial charge >= 0.3 is 0 Å². The number of H-pyrrole nitrogens is 1. The van der Waals surface area contributed by atoms with Gasteiger partial charge in [0.15, 0.2) is 0 Å². The van der Waals surface area contributed by atoms with Crippen LogP contribution in [0.5, 0.6) is 0 Å². The summed E-state index contributed by atoms with van der Waals surface area (Å²) in [6.45, 7) is 0. The standard InChI is InChI=1S/C4H2ClIN2O/c5-2-1-7-8-4(9)3(2)6/h1H,(H,8,9). The highest BCUT2D eigenvalue weighted by Crippen LogP contribution is 2.09. The second kappa shape index (κ2) is 2.66. The summed E-state index contributed by atoms with van der Waals surface area (Å²) < 4.78 is 0.476. The van der Waals surface area contributed by atoms with E-state index in [1.807, 2.05) is 22.6 Å². The zero-order valence-electron chi connectivity index (χ0n) is 4.19. The fourth-order valence-corrected chi connectivity index (χ4v) is 0.756. The van der Waals surface area contributed by atoms with E-state index in [0.29, 0.717) is 8.59 Å². The Hall–Kier alpha value is -0.100. The van der Waals surface area contributed by atoms with Crippen molar-refractivity contribution in [1.29, 1.82) is 0 Å². The van der Waals surface area contributed by atoms with Crippen LogP contribution in [-0.4, -0.2) is 10.2 Å². The number of nitrogens with zero attached hydrogens (tertiary/aromatic N) is 1. The van der Waals surface area contributed by atoms with Crippen molar-refractivity contribution in [1.82, 2.24) is 10.2 Å². The van der Waals surface area contributed by atoms with Crippen molar-refractivity contribution in [2.75, 3.05) is 0 Å². The van der Waals surface area contributed by atoms with Gasteiger partial charge in [-0.2, -0.15) is 5.10 Å². The Labute approximate surface area is 69.6 Å². The van der Waals surface area contributed by atoms with E-state index in [-0.39, 0.29) is 5.56 Å². The Morgan fingerprint density at radius 1 is 1.78 bits per heavy atom. The molecule has 0 atom stereocenters. The topological polar surface area (TPSA) is 45.8 Å². The predicted molar refractivity (Wildman–Crippen MR) is 42.6 cm³/mol. The molecule has 1 rings (SSSR count). The summed E-state index contributed by atoms with van der Waals surface area (Å²) in [5.41, 5.74) is -0.247. The highest BCUT2D eigenvalue weighted by atomic mass is 127. The van der Waals surface area contributed by atoms with Crippen molar-refractivity contribution in [3.8, 4) is 0 Å². The van der Waals surface area contributed by atoms with Gasteiger partial charge in [0, 0.05) is 0 Å². The highest BCUT2D eigenvalue weighted by Gasteiger charge is 1.98. The van der Waals surface area contributed by atoms with E-state index in [1.54, 1.807) is 0 Å². The number of rotatable bonds is 0. The molecule has 0 aliphatic rings. The quantitative estimate of drug-likeness (QED) is 0.705. The molecule has 1 N–H and O–H groups in total. The summed E-state index contributed by atoms with van der Waals surface area (Å²) in [5.74, 6) is 0. The Bertz CT molecular complexity index is 272. The van der Waals surface area contributed by atoms with E-state index in [4.69, 9.17) is 11.6 Å². The van der Waals surface area contributed by atoms with E-state index >= 15 is 0 Å². The number of hydrogen-bond donors (Lipinski definition) is 1. The number of aromatic amines is 1. The zero-order valence-corrected chi connectivity index (χ0v) is 7.10. The van der Waals surface area contributed by atoms with Gasteiger partial charge in [0.2, 0.25) is 0 Å². The summed E-state index contributed by atoms with van der Waals surface area (Å²) in [4.78, 5) is 10.6. The minimum Gasteiger partial charge on any atom is -0.267 e. The van der Waals surface area contributed by atoms with Crippen molar-refractivity contribution in [2.24, 2.45) is 0 Å². The fourth-order valence-electron chi connectivity index (χ4n) is 0.362. The minimum atomic E-state index is -0.247. The van der Waals surface area contributed by atoms with Crippen molar-refractivity contribution in [3.63, 3.8) is 0 Å². The average molecular weight is 256 g/mol. The third-order valence-corrected chi connectivity index (χ3v) is 2.43. The maximum Gasteiger partial charge on any atom is 0.279 e. The van der Waals surface area contributed by atoms with Gasteiger partial charge in [0.1, 0.15) is 0 Å². The van der Waals surface area contributed by atoms with Crippen LogP contribution in [0.3, 0.4) is 0 Å². The molecule has 0 spiro atoms. The fraction of sp³-hybridized carbons (Fsp3) is 0. The zero-order chi connectivity index (χ0) is 6.85. The molecule has 0 aliphatic heterocycles. The van der Waals surface area contributed by atoms with Crippen molar-refractivity contribution >= 4 is 34.2 Å². The van der Waals surface area contributed by atoms with Gasteiger partial charge in [0.05, 0.1) is 14.8 Å². The van der Waals surface area contributed by atoms with Crippen LogP contribution in [0.4, 0.5) is 0 Å². The van der Waals surface area contributed by atoms with E-state index in [9.17, 15) is 4.79 Å². The summed E-state index contributed by atoms with van der Waals surface area (Å²) in [7, 11) is 0. The first-order valence-electron chi connectivity index (χ1n) is 2.10. The molecule has 5 heteroatoms. The van der Waals surface area contributed by atoms with Gasteiger partial charge in [-0.25, -0.2) is 5.10 Å². The summed E-state index contributed by atoms with van der Waals surface area (Å²) >= 11 is 7.38. The largest absolute Gasteiger partial charge is 0.279 e. The summed E-state index contributed by atoms with van der Waals surface area (Å²) in [6.07, 6.45) is 1.39. The molecule has 1 heterocycles. The summed E-state index contributed by atoms with van der Waals surface area (Å²) in [6, 6.07) is 0. The monoisotopic (exact) mass is 256 g/mol. The molecule has 48 valence electrons. The van der Waals surface area contributed by atoms with Crippen LogP contribution in [0.2, 0.25) is 5.02 Å². The van der Waals surface area contributed by atoms with Gasteiger partial charge < -0.3 is 0 Å². The molecule has 3 nitrogen and oxygen atoms in total. The second-order valence-electron chi connectivity index (χ2n) is 1.36. The summed E-state index contributed by atoms with van der Waals surface area (Å²) in [5, 5.41) is 6.10. The third kappa shape index (κ3) is 1.42. The van der Waals surface area contributed by atoms with E-state index in [2.05, 4.69) is 10.2 Å². The molecule has 0 aliphatic carbocycles. The lowest BCUT2D eigenvalue weighted by Crippen LogP contribution is -2.10. The van der Waals surface area contributed by atoms with Crippen LogP contribution >= 0.6 is 34.2 Å². The molecule has 0 saturated carbocycles. The Kier molecular flexibility index (Phi) is 2.07. The molecule has 0 fully saturated rings. The first-order valence-corrected chi connectivity index (χ1v) is 3.56. The van der Waals surface area contributed by atoms with Crippen molar-refractivity contribution in [2.45, 2.75) is 0 Å². The molecule has 0 saturated heterocycles. The third-order valence-electron chi connectivity index (χ3n) is 0.753. The Morgan fingerprint density at radius 2 is 2.44 bits per heavy atom. The highest BCUT2D eigenvalue weighted by molar-refractivity contribution is 14.1. The number of aromatic nitrogens is 2. The normalized spacial score (nSPS) is 9.56. The smallest absolute Gasteiger partial charge is 0.267 e. The maximum absolute atomic E-state index is 10.6. The second-order valence-corrected chi connectivity index (χ2v) is 2.85. The van der Waals surface area contributed by atoms with E-state index in [1.165, 1.54) is 6.20 Å².